The first-order chi connectivity index (χ1) is 7.57. The fraction of sp³-hybridized carbons (Fsp3) is 0.667. The maximum Gasteiger partial charge on any atom is 0.140 e. The molecule has 1 aliphatic rings. The lowest BCUT2D eigenvalue weighted by molar-refractivity contribution is -0.0848. The van der Waals surface area contributed by atoms with Crippen LogP contribution in [0.15, 0.2) is 6.07 Å². The van der Waals surface area contributed by atoms with Crippen LogP contribution in [0, 0.1) is 4.64 Å². The molecule has 0 amide bonds. The number of nitrogens with one attached hydrogen (secondary N) is 1. The number of hydrogen-bond acceptors (Lipinski definition) is 3. The van der Waals surface area contributed by atoms with Crippen molar-refractivity contribution < 1.29 is 4.74 Å². The van der Waals surface area contributed by atoms with Crippen molar-refractivity contribution in [1.29, 1.82) is 0 Å². The van der Waals surface area contributed by atoms with E-state index in [-0.39, 0.29) is 5.60 Å². The smallest absolute Gasteiger partial charge is 0.140 e. The van der Waals surface area contributed by atoms with Crippen LogP contribution in [-0.2, 0) is 10.3 Å². The molecule has 1 fully saturated rings. The highest BCUT2D eigenvalue weighted by Crippen LogP contribution is 2.42. The van der Waals surface area contributed by atoms with Crippen LogP contribution < -0.4 is 0 Å². The van der Waals surface area contributed by atoms with E-state index in [1.54, 1.807) is 7.11 Å². The minimum atomic E-state index is -0.210. The van der Waals surface area contributed by atoms with Crippen molar-refractivity contribution in [3.8, 4) is 0 Å². The monoisotopic (exact) mass is 238 g/mol. The Kier molecular flexibility index (Phi) is 3.13. The molecule has 4 heteroatoms. The highest BCUT2D eigenvalue weighted by atomic mass is 32.1. The van der Waals surface area contributed by atoms with Gasteiger partial charge in [0.05, 0.1) is 0 Å². The van der Waals surface area contributed by atoms with Gasteiger partial charge in [0.15, 0.2) is 0 Å². The van der Waals surface area contributed by atoms with Crippen LogP contribution in [-0.4, -0.2) is 17.1 Å². The van der Waals surface area contributed by atoms with Crippen molar-refractivity contribution >= 4 is 12.2 Å². The highest BCUT2D eigenvalue weighted by molar-refractivity contribution is 7.71. The molecule has 1 heterocycles. The van der Waals surface area contributed by atoms with Crippen LogP contribution in [0.5, 0.6) is 0 Å². The number of methoxy groups -OCH3 is 1. The molecule has 1 saturated carbocycles. The van der Waals surface area contributed by atoms with Gasteiger partial charge in [0.25, 0.3) is 0 Å². The molecule has 0 aromatic carbocycles. The third kappa shape index (κ3) is 1.92. The summed E-state index contributed by atoms with van der Waals surface area (Å²) in [5.41, 5.74) is 0.927. The van der Waals surface area contributed by atoms with Crippen LogP contribution in [0.25, 0.3) is 0 Å². The average molecular weight is 238 g/mol. The Balaban J connectivity index is 2.44. The quantitative estimate of drug-likeness (QED) is 0.821. The third-order valence-electron chi connectivity index (χ3n) is 3.37. The SMILES string of the molecule is COC1(c2nc(=S)cc(C(C)C)[nH]2)CCC1. The zero-order chi connectivity index (χ0) is 11.8. The molecule has 2 rings (SSSR count). The summed E-state index contributed by atoms with van der Waals surface area (Å²) in [4.78, 5) is 7.79. The maximum atomic E-state index is 5.61. The molecule has 0 atom stereocenters. The molecule has 16 heavy (non-hydrogen) atoms. The average Bonchev–Trinajstić information content (AvgIpc) is 2.16. The molecular formula is C12H18N2OS. The summed E-state index contributed by atoms with van der Waals surface area (Å²) in [5, 5.41) is 0. The Morgan fingerprint density at radius 3 is 2.62 bits per heavy atom. The Bertz CT molecular complexity index is 429. The number of aromatic amines is 1. The normalized spacial score (nSPS) is 18.5. The minimum Gasteiger partial charge on any atom is -0.370 e. The number of H-pyrrole nitrogens is 1. The molecule has 0 aliphatic heterocycles. The summed E-state index contributed by atoms with van der Waals surface area (Å²) in [6.45, 7) is 4.29. The summed E-state index contributed by atoms with van der Waals surface area (Å²) in [5.74, 6) is 1.33. The topological polar surface area (TPSA) is 37.9 Å². The van der Waals surface area contributed by atoms with E-state index in [1.807, 2.05) is 6.07 Å². The van der Waals surface area contributed by atoms with Gasteiger partial charge in [-0.3, -0.25) is 0 Å². The van der Waals surface area contributed by atoms with Crippen molar-refractivity contribution in [3.05, 3.63) is 22.2 Å². The fourth-order valence-electron chi connectivity index (χ4n) is 2.04. The van der Waals surface area contributed by atoms with Crippen molar-refractivity contribution in [1.82, 2.24) is 9.97 Å². The second-order valence-corrected chi connectivity index (χ2v) is 5.15. The number of rotatable bonds is 3. The van der Waals surface area contributed by atoms with Crippen LogP contribution in [0.2, 0.25) is 0 Å². The predicted octanol–water partition coefficient (Wildman–Crippen LogP) is 3.29. The van der Waals surface area contributed by atoms with E-state index in [9.17, 15) is 0 Å². The Morgan fingerprint density at radius 2 is 2.19 bits per heavy atom. The van der Waals surface area contributed by atoms with Gasteiger partial charge in [-0.2, -0.15) is 0 Å². The van der Waals surface area contributed by atoms with Crippen LogP contribution in [0.3, 0.4) is 0 Å². The van der Waals surface area contributed by atoms with Gasteiger partial charge < -0.3 is 9.72 Å². The van der Waals surface area contributed by atoms with E-state index < -0.39 is 0 Å². The number of nitrogens with zero attached hydrogens (tertiary/aromatic N) is 1. The van der Waals surface area contributed by atoms with Crippen LogP contribution >= 0.6 is 12.2 Å². The van der Waals surface area contributed by atoms with Gasteiger partial charge in [-0.15, -0.1) is 0 Å². The molecule has 1 aliphatic carbocycles. The van der Waals surface area contributed by atoms with Crippen LogP contribution in [0.4, 0.5) is 0 Å². The van der Waals surface area contributed by atoms with E-state index in [2.05, 4.69) is 23.8 Å². The van der Waals surface area contributed by atoms with Gasteiger partial charge in [-0.25, -0.2) is 4.98 Å². The van der Waals surface area contributed by atoms with Crippen molar-refractivity contribution in [2.45, 2.75) is 44.6 Å². The lowest BCUT2D eigenvalue weighted by Gasteiger charge is -2.39. The summed E-state index contributed by atoms with van der Waals surface area (Å²) in [7, 11) is 1.75. The van der Waals surface area contributed by atoms with E-state index in [0.717, 1.165) is 24.4 Å². The zero-order valence-corrected chi connectivity index (χ0v) is 10.9. The first kappa shape index (κ1) is 11.7. The van der Waals surface area contributed by atoms with Crippen LogP contribution in [0.1, 0.15) is 50.5 Å². The molecule has 0 unspecified atom stereocenters. The minimum absolute atomic E-state index is 0.210. The predicted molar refractivity (Wildman–Crippen MR) is 66.0 cm³/mol. The summed E-state index contributed by atoms with van der Waals surface area (Å²) in [6, 6.07) is 1.94. The van der Waals surface area contributed by atoms with E-state index in [0.29, 0.717) is 10.6 Å². The molecule has 88 valence electrons. The molecule has 1 aromatic heterocycles. The highest BCUT2D eigenvalue weighted by Gasteiger charge is 2.41. The van der Waals surface area contributed by atoms with Gasteiger partial charge in [0.2, 0.25) is 0 Å². The van der Waals surface area contributed by atoms with Gasteiger partial charge in [-0.1, -0.05) is 26.1 Å². The molecule has 0 spiro atoms. The summed E-state index contributed by atoms with van der Waals surface area (Å²) in [6.07, 6.45) is 3.26. The van der Waals surface area contributed by atoms with E-state index in [4.69, 9.17) is 17.0 Å². The summed E-state index contributed by atoms with van der Waals surface area (Å²) < 4.78 is 6.26. The van der Waals surface area contributed by atoms with Crippen molar-refractivity contribution in [2.24, 2.45) is 0 Å². The molecule has 3 nitrogen and oxygen atoms in total. The standard InChI is InChI=1S/C12H18N2OS/c1-8(2)9-7-10(16)14-11(13-9)12(15-3)5-4-6-12/h7-8H,4-6H2,1-3H3,(H,13,14,16). The molecule has 1 N–H and O–H groups in total. The largest absolute Gasteiger partial charge is 0.370 e. The zero-order valence-electron chi connectivity index (χ0n) is 10.0. The lowest BCUT2D eigenvalue weighted by atomic mass is 9.79. The third-order valence-corrected chi connectivity index (χ3v) is 3.58. The molecule has 0 bridgehead atoms. The Labute approximate surface area is 101 Å². The fourth-order valence-corrected chi connectivity index (χ4v) is 2.26. The molecule has 1 aromatic rings. The number of aromatic nitrogens is 2. The lowest BCUT2D eigenvalue weighted by Crippen LogP contribution is -2.38. The van der Waals surface area contributed by atoms with Crippen molar-refractivity contribution in [3.63, 3.8) is 0 Å². The second-order valence-electron chi connectivity index (χ2n) is 4.73. The van der Waals surface area contributed by atoms with Gasteiger partial charge in [0, 0.05) is 12.8 Å². The molecular weight excluding hydrogens is 220 g/mol. The van der Waals surface area contributed by atoms with Gasteiger partial charge in [0.1, 0.15) is 16.1 Å². The van der Waals surface area contributed by atoms with E-state index >= 15 is 0 Å². The van der Waals surface area contributed by atoms with E-state index in [1.165, 1.54) is 6.42 Å². The number of hydrogen-bond donors (Lipinski definition) is 1. The Hall–Kier alpha value is -0.740. The number of ether oxygens (including phenoxy) is 1. The first-order valence-electron chi connectivity index (χ1n) is 5.74. The van der Waals surface area contributed by atoms with Crippen molar-refractivity contribution in [2.75, 3.05) is 7.11 Å². The summed E-state index contributed by atoms with van der Waals surface area (Å²) >= 11 is 5.21. The van der Waals surface area contributed by atoms with Gasteiger partial charge in [-0.05, 0) is 31.2 Å². The maximum absolute atomic E-state index is 5.61. The first-order valence-corrected chi connectivity index (χ1v) is 6.15. The molecule has 0 saturated heterocycles. The Morgan fingerprint density at radius 1 is 1.50 bits per heavy atom. The second kappa shape index (κ2) is 4.26. The molecule has 0 radical (unpaired) electrons. The van der Waals surface area contributed by atoms with Gasteiger partial charge >= 0.3 is 0 Å².